The number of hydrogen-bond donors (Lipinski definition) is 1. The molecule has 2 rings (SSSR count). The van der Waals surface area contributed by atoms with Gasteiger partial charge in [0.25, 0.3) is 11.8 Å². The van der Waals surface area contributed by atoms with E-state index in [2.05, 4.69) is 5.43 Å². The van der Waals surface area contributed by atoms with Crippen molar-refractivity contribution >= 4 is 23.4 Å². The van der Waals surface area contributed by atoms with E-state index in [0.29, 0.717) is 10.6 Å². The van der Waals surface area contributed by atoms with Crippen LogP contribution in [0.5, 0.6) is 0 Å². The van der Waals surface area contributed by atoms with Crippen LogP contribution in [0, 0.1) is 0 Å². The Kier molecular flexibility index (Phi) is 4.37. The highest BCUT2D eigenvalue weighted by Crippen LogP contribution is 2.21. The molecule has 1 aromatic carbocycles. The maximum atomic E-state index is 12.6. The molecular weight excluding hydrogens is 288 g/mol. The lowest BCUT2D eigenvalue weighted by Gasteiger charge is -2.36. The second-order valence-electron chi connectivity index (χ2n) is 6.03. The minimum atomic E-state index is -0.531. The molecule has 5 heteroatoms. The third-order valence-corrected chi connectivity index (χ3v) is 3.53. The Morgan fingerprint density at radius 3 is 2.19 bits per heavy atom. The Morgan fingerprint density at radius 2 is 1.76 bits per heavy atom. The molecule has 0 fully saturated rings. The largest absolute Gasteiger partial charge is 0.272 e. The van der Waals surface area contributed by atoms with Gasteiger partial charge in [0.05, 0.1) is 5.54 Å². The van der Waals surface area contributed by atoms with Crippen molar-refractivity contribution in [3.8, 4) is 0 Å². The molecule has 4 nitrogen and oxygen atoms in total. The van der Waals surface area contributed by atoms with Crippen LogP contribution in [-0.2, 0) is 4.79 Å². The number of nitrogens with zero attached hydrogens (tertiary/aromatic N) is 1. The molecule has 1 N–H and O–H groups in total. The average Bonchev–Trinajstić information content (AvgIpc) is 2.32. The van der Waals surface area contributed by atoms with E-state index in [-0.39, 0.29) is 11.8 Å². The van der Waals surface area contributed by atoms with E-state index in [1.807, 2.05) is 26.8 Å². The first kappa shape index (κ1) is 15.6. The fraction of sp³-hybridized carbons (Fsp3) is 0.375. The lowest BCUT2D eigenvalue weighted by molar-refractivity contribution is -0.123. The maximum Gasteiger partial charge on any atom is 0.272 e. The number of allylic oxidation sites excluding steroid dienone is 1. The molecule has 0 heterocycles. The van der Waals surface area contributed by atoms with Gasteiger partial charge >= 0.3 is 0 Å². The van der Waals surface area contributed by atoms with Crippen LogP contribution in [0.3, 0.4) is 0 Å². The summed E-state index contributed by atoms with van der Waals surface area (Å²) in [5.41, 5.74) is 3.40. The SMILES string of the molecule is CC(C)(C)N(NC(=O)C1=CCC1)C(=O)c1ccc(Cl)cc1. The number of carbonyl (C=O) groups excluding carboxylic acids is 2. The summed E-state index contributed by atoms with van der Waals surface area (Å²) in [5, 5.41) is 1.94. The molecule has 2 amide bonds. The monoisotopic (exact) mass is 306 g/mol. The highest BCUT2D eigenvalue weighted by Gasteiger charge is 2.30. The van der Waals surface area contributed by atoms with Gasteiger partial charge in [-0.2, -0.15) is 0 Å². The molecular formula is C16H19ClN2O2. The van der Waals surface area contributed by atoms with Gasteiger partial charge in [0.1, 0.15) is 0 Å². The molecule has 0 radical (unpaired) electrons. The van der Waals surface area contributed by atoms with Crippen molar-refractivity contribution in [1.82, 2.24) is 10.4 Å². The highest BCUT2D eigenvalue weighted by atomic mass is 35.5. The van der Waals surface area contributed by atoms with Crippen molar-refractivity contribution in [2.45, 2.75) is 39.2 Å². The molecule has 0 saturated heterocycles. The first-order valence-electron chi connectivity index (χ1n) is 6.89. The molecule has 0 aliphatic heterocycles. The molecule has 112 valence electrons. The normalized spacial score (nSPS) is 14.0. The van der Waals surface area contributed by atoms with E-state index in [9.17, 15) is 9.59 Å². The molecule has 0 atom stereocenters. The third kappa shape index (κ3) is 3.64. The Labute approximate surface area is 129 Å². The smallest absolute Gasteiger partial charge is 0.268 e. The minimum Gasteiger partial charge on any atom is -0.268 e. The van der Waals surface area contributed by atoms with Gasteiger partial charge in [-0.1, -0.05) is 17.7 Å². The van der Waals surface area contributed by atoms with Crippen molar-refractivity contribution in [2.24, 2.45) is 0 Å². The Morgan fingerprint density at radius 1 is 1.19 bits per heavy atom. The van der Waals surface area contributed by atoms with Crippen LogP contribution in [0.2, 0.25) is 5.02 Å². The Bertz CT molecular complexity index is 585. The molecule has 1 aliphatic carbocycles. The third-order valence-electron chi connectivity index (χ3n) is 3.27. The first-order chi connectivity index (χ1) is 9.79. The van der Waals surface area contributed by atoms with E-state index in [1.165, 1.54) is 5.01 Å². The van der Waals surface area contributed by atoms with Crippen molar-refractivity contribution in [2.75, 3.05) is 0 Å². The van der Waals surface area contributed by atoms with Gasteiger partial charge in [0, 0.05) is 16.2 Å². The number of rotatable bonds is 2. The molecule has 1 aliphatic rings. The second kappa shape index (κ2) is 5.90. The van der Waals surface area contributed by atoms with Crippen molar-refractivity contribution in [3.63, 3.8) is 0 Å². The van der Waals surface area contributed by atoms with Gasteiger partial charge < -0.3 is 0 Å². The summed E-state index contributed by atoms with van der Waals surface area (Å²) in [6, 6.07) is 6.62. The predicted octanol–water partition coefficient (Wildman–Crippen LogP) is 3.33. The van der Waals surface area contributed by atoms with Gasteiger partial charge in [-0.05, 0) is 57.9 Å². The van der Waals surface area contributed by atoms with Gasteiger partial charge in [-0.25, -0.2) is 5.01 Å². The summed E-state index contributed by atoms with van der Waals surface area (Å²) < 4.78 is 0. The summed E-state index contributed by atoms with van der Waals surface area (Å²) in [6.45, 7) is 5.61. The van der Waals surface area contributed by atoms with Crippen LogP contribution in [-0.4, -0.2) is 22.4 Å². The zero-order chi connectivity index (χ0) is 15.6. The van der Waals surface area contributed by atoms with E-state index in [0.717, 1.165) is 18.4 Å². The predicted molar refractivity (Wildman–Crippen MR) is 82.8 cm³/mol. The van der Waals surface area contributed by atoms with Crippen LogP contribution >= 0.6 is 11.6 Å². The zero-order valence-corrected chi connectivity index (χ0v) is 13.2. The van der Waals surface area contributed by atoms with Crippen LogP contribution in [0.4, 0.5) is 0 Å². The Hall–Kier alpha value is -1.81. The first-order valence-corrected chi connectivity index (χ1v) is 7.27. The van der Waals surface area contributed by atoms with E-state index < -0.39 is 5.54 Å². The van der Waals surface area contributed by atoms with Gasteiger partial charge in [-0.15, -0.1) is 0 Å². The van der Waals surface area contributed by atoms with E-state index >= 15 is 0 Å². The summed E-state index contributed by atoms with van der Waals surface area (Å²) >= 11 is 5.84. The molecule has 0 saturated carbocycles. The van der Waals surface area contributed by atoms with Gasteiger partial charge in [-0.3, -0.25) is 15.0 Å². The van der Waals surface area contributed by atoms with Gasteiger partial charge in [0.15, 0.2) is 0 Å². The fourth-order valence-electron chi connectivity index (χ4n) is 1.91. The topological polar surface area (TPSA) is 49.4 Å². The number of amides is 2. The van der Waals surface area contributed by atoms with Crippen LogP contribution in [0.15, 0.2) is 35.9 Å². The van der Waals surface area contributed by atoms with Gasteiger partial charge in [0.2, 0.25) is 0 Å². The second-order valence-corrected chi connectivity index (χ2v) is 6.46. The molecule has 0 bridgehead atoms. The van der Waals surface area contributed by atoms with Crippen molar-refractivity contribution < 1.29 is 9.59 Å². The van der Waals surface area contributed by atoms with Crippen LogP contribution in [0.25, 0.3) is 0 Å². The minimum absolute atomic E-state index is 0.210. The maximum absolute atomic E-state index is 12.6. The zero-order valence-electron chi connectivity index (χ0n) is 12.4. The summed E-state index contributed by atoms with van der Waals surface area (Å²) in [6.07, 6.45) is 3.56. The molecule has 1 aromatic rings. The molecule has 0 aromatic heterocycles. The number of halogens is 1. The quantitative estimate of drug-likeness (QED) is 0.852. The molecule has 21 heavy (non-hydrogen) atoms. The number of hydrogen-bond acceptors (Lipinski definition) is 2. The number of benzene rings is 1. The number of carbonyl (C=O) groups is 2. The molecule has 0 spiro atoms. The standard InChI is InChI=1S/C16H19ClN2O2/c1-16(2,3)19(18-14(20)11-5-4-6-11)15(21)12-7-9-13(17)10-8-12/h5,7-10H,4,6H2,1-3H3,(H,18,20). The summed E-state index contributed by atoms with van der Waals surface area (Å²) in [4.78, 5) is 24.7. The van der Waals surface area contributed by atoms with E-state index in [1.54, 1.807) is 24.3 Å². The Balaban J connectivity index is 2.21. The fourth-order valence-corrected chi connectivity index (χ4v) is 2.04. The summed E-state index contributed by atoms with van der Waals surface area (Å²) in [5.74, 6) is -0.467. The highest BCUT2D eigenvalue weighted by molar-refractivity contribution is 6.30. The van der Waals surface area contributed by atoms with Crippen molar-refractivity contribution in [3.05, 3.63) is 46.5 Å². The lowest BCUT2D eigenvalue weighted by Crippen LogP contribution is -2.56. The van der Waals surface area contributed by atoms with Crippen LogP contribution < -0.4 is 5.43 Å². The van der Waals surface area contributed by atoms with Crippen molar-refractivity contribution in [1.29, 1.82) is 0 Å². The lowest BCUT2D eigenvalue weighted by atomic mass is 9.98. The van der Waals surface area contributed by atoms with Crippen LogP contribution in [0.1, 0.15) is 44.0 Å². The summed E-state index contributed by atoms with van der Waals surface area (Å²) in [7, 11) is 0. The molecule has 0 unspecified atom stereocenters. The number of nitrogens with one attached hydrogen (secondary N) is 1. The number of hydrazine groups is 1. The average molecular weight is 307 g/mol. The van der Waals surface area contributed by atoms with E-state index in [4.69, 9.17) is 11.6 Å².